The van der Waals surface area contributed by atoms with E-state index in [2.05, 4.69) is 44.5 Å². The number of nitrogens with one attached hydrogen (secondary N) is 2. The number of likely N-dealkylation sites (tertiary alicyclic amines) is 1. The molecule has 26 heavy (non-hydrogen) atoms. The average molecular weight is 367 g/mol. The van der Waals surface area contributed by atoms with Gasteiger partial charge < -0.3 is 24.8 Å². The van der Waals surface area contributed by atoms with Gasteiger partial charge in [0.1, 0.15) is 0 Å². The summed E-state index contributed by atoms with van der Waals surface area (Å²) < 4.78 is 10.4. The van der Waals surface area contributed by atoms with Crippen molar-refractivity contribution < 1.29 is 9.26 Å². The second-order valence-corrected chi connectivity index (χ2v) is 7.06. The molecular formula is C18H34N6O2. The fourth-order valence-electron chi connectivity index (χ4n) is 3.01. The number of guanidine groups is 1. The monoisotopic (exact) mass is 366 g/mol. The molecule has 0 aliphatic carbocycles. The third-order valence-corrected chi connectivity index (χ3v) is 4.61. The Labute approximate surface area is 156 Å². The molecule has 0 unspecified atom stereocenters. The van der Waals surface area contributed by atoms with E-state index in [9.17, 15) is 0 Å². The topological polar surface area (TPSA) is 87.8 Å². The smallest absolute Gasteiger partial charge is 0.228 e. The van der Waals surface area contributed by atoms with Crippen LogP contribution < -0.4 is 10.6 Å². The highest BCUT2D eigenvalue weighted by Crippen LogP contribution is 2.11. The summed E-state index contributed by atoms with van der Waals surface area (Å²) in [6.07, 6.45) is 4.06. The van der Waals surface area contributed by atoms with E-state index in [1.54, 1.807) is 14.2 Å². The number of piperidine rings is 1. The summed E-state index contributed by atoms with van der Waals surface area (Å²) in [6.45, 7) is 9.04. The Bertz CT molecular complexity index is 538. The van der Waals surface area contributed by atoms with E-state index in [1.807, 2.05) is 0 Å². The molecule has 1 aromatic heterocycles. The Morgan fingerprint density at radius 2 is 2.15 bits per heavy atom. The van der Waals surface area contributed by atoms with Gasteiger partial charge in [-0.1, -0.05) is 19.0 Å². The molecule has 0 aromatic carbocycles. The molecule has 0 saturated carbocycles. The lowest BCUT2D eigenvalue weighted by atomic mass is 10.1. The molecule has 1 aromatic rings. The van der Waals surface area contributed by atoms with Gasteiger partial charge in [-0.2, -0.15) is 4.98 Å². The van der Waals surface area contributed by atoms with Crippen molar-refractivity contribution in [3.05, 3.63) is 11.7 Å². The molecular weight excluding hydrogens is 332 g/mol. The van der Waals surface area contributed by atoms with Crippen LogP contribution in [-0.2, 0) is 11.2 Å². The Kier molecular flexibility index (Phi) is 8.84. The van der Waals surface area contributed by atoms with Crippen LogP contribution in [0.4, 0.5) is 0 Å². The molecule has 8 heteroatoms. The van der Waals surface area contributed by atoms with Crippen molar-refractivity contribution in [1.29, 1.82) is 0 Å². The van der Waals surface area contributed by atoms with Gasteiger partial charge in [0.05, 0.1) is 0 Å². The molecule has 1 aliphatic rings. The second-order valence-electron chi connectivity index (χ2n) is 7.06. The van der Waals surface area contributed by atoms with Gasteiger partial charge in [0.2, 0.25) is 5.89 Å². The zero-order chi connectivity index (χ0) is 18.8. The van der Waals surface area contributed by atoms with E-state index in [-0.39, 0.29) is 5.92 Å². The third-order valence-electron chi connectivity index (χ3n) is 4.61. The van der Waals surface area contributed by atoms with Crippen LogP contribution in [0.3, 0.4) is 0 Å². The first-order valence-corrected chi connectivity index (χ1v) is 9.63. The van der Waals surface area contributed by atoms with Crippen molar-refractivity contribution >= 4 is 5.96 Å². The number of aliphatic imine (C=N–C) groups is 1. The third kappa shape index (κ3) is 6.92. The highest BCUT2D eigenvalue weighted by Gasteiger charge is 2.19. The molecule has 0 atom stereocenters. The van der Waals surface area contributed by atoms with E-state index >= 15 is 0 Å². The van der Waals surface area contributed by atoms with Gasteiger partial charge in [-0.25, -0.2) is 0 Å². The summed E-state index contributed by atoms with van der Waals surface area (Å²) in [4.78, 5) is 11.2. The first-order chi connectivity index (χ1) is 12.6. The van der Waals surface area contributed by atoms with Crippen LogP contribution in [0, 0.1) is 0 Å². The molecule has 0 bridgehead atoms. The number of hydrogen-bond acceptors (Lipinski definition) is 6. The van der Waals surface area contributed by atoms with Crippen LogP contribution in [0.2, 0.25) is 0 Å². The van der Waals surface area contributed by atoms with E-state index in [0.29, 0.717) is 18.4 Å². The Morgan fingerprint density at radius 3 is 2.77 bits per heavy atom. The minimum Gasteiger partial charge on any atom is -0.385 e. The molecule has 8 nitrogen and oxygen atoms in total. The number of hydrogen-bond donors (Lipinski definition) is 2. The minimum absolute atomic E-state index is 0.287. The molecule has 0 spiro atoms. The standard InChI is InChI=1S/C18H34N6O2/c1-14(2)17-22-16(26-23-17)6-9-20-18(19-3)21-15-7-11-24(12-8-15)10-5-13-25-4/h14-15H,5-13H2,1-4H3,(H2,19,20,21). The van der Waals surface area contributed by atoms with Crippen molar-refractivity contribution in [3.63, 3.8) is 0 Å². The van der Waals surface area contributed by atoms with Crippen molar-refractivity contribution in [2.75, 3.05) is 46.9 Å². The van der Waals surface area contributed by atoms with E-state index in [4.69, 9.17) is 9.26 Å². The highest BCUT2D eigenvalue weighted by molar-refractivity contribution is 5.79. The second kappa shape index (κ2) is 11.1. The maximum atomic E-state index is 5.27. The molecule has 2 N–H and O–H groups in total. The average Bonchev–Trinajstić information content (AvgIpc) is 3.12. The largest absolute Gasteiger partial charge is 0.385 e. The van der Waals surface area contributed by atoms with Crippen LogP contribution in [0.15, 0.2) is 9.52 Å². The van der Waals surface area contributed by atoms with Crippen molar-refractivity contribution in [2.24, 2.45) is 4.99 Å². The van der Waals surface area contributed by atoms with E-state index in [1.165, 1.54) is 0 Å². The Hall–Kier alpha value is -1.67. The van der Waals surface area contributed by atoms with Crippen LogP contribution in [0.5, 0.6) is 0 Å². The highest BCUT2D eigenvalue weighted by atomic mass is 16.5. The van der Waals surface area contributed by atoms with Gasteiger partial charge in [0.15, 0.2) is 11.8 Å². The SMILES string of the molecule is CN=C(NCCc1nc(C(C)C)no1)NC1CCN(CCCOC)CC1. The number of ether oxygens (including phenoxy) is 1. The van der Waals surface area contributed by atoms with Crippen molar-refractivity contribution in [1.82, 2.24) is 25.7 Å². The zero-order valence-corrected chi connectivity index (χ0v) is 16.6. The van der Waals surface area contributed by atoms with Gasteiger partial charge in [0, 0.05) is 65.3 Å². The number of nitrogens with zero attached hydrogens (tertiary/aromatic N) is 4. The summed E-state index contributed by atoms with van der Waals surface area (Å²) in [5, 5.41) is 10.9. The van der Waals surface area contributed by atoms with E-state index in [0.717, 1.165) is 63.8 Å². The number of rotatable bonds is 9. The van der Waals surface area contributed by atoms with Crippen LogP contribution >= 0.6 is 0 Å². The first-order valence-electron chi connectivity index (χ1n) is 9.63. The summed E-state index contributed by atoms with van der Waals surface area (Å²) in [5.74, 6) is 2.56. The van der Waals surface area contributed by atoms with Crippen molar-refractivity contribution in [3.8, 4) is 0 Å². The van der Waals surface area contributed by atoms with Gasteiger partial charge in [-0.3, -0.25) is 4.99 Å². The minimum atomic E-state index is 0.287. The summed E-state index contributed by atoms with van der Waals surface area (Å²) in [5.41, 5.74) is 0. The molecule has 1 aliphatic heterocycles. The molecule has 0 amide bonds. The predicted octanol–water partition coefficient (Wildman–Crippen LogP) is 1.40. The Morgan fingerprint density at radius 1 is 1.38 bits per heavy atom. The fourth-order valence-corrected chi connectivity index (χ4v) is 3.01. The van der Waals surface area contributed by atoms with Crippen LogP contribution in [0.1, 0.15) is 50.7 Å². The number of methoxy groups -OCH3 is 1. The Balaban J connectivity index is 1.65. The molecule has 1 fully saturated rings. The van der Waals surface area contributed by atoms with Crippen LogP contribution in [-0.4, -0.2) is 74.0 Å². The molecule has 148 valence electrons. The molecule has 2 rings (SSSR count). The quantitative estimate of drug-likeness (QED) is 0.388. The molecule has 1 saturated heterocycles. The normalized spacial score (nSPS) is 17.0. The van der Waals surface area contributed by atoms with Gasteiger partial charge >= 0.3 is 0 Å². The molecule has 0 radical (unpaired) electrons. The summed E-state index contributed by atoms with van der Waals surface area (Å²) >= 11 is 0. The number of aromatic nitrogens is 2. The summed E-state index contributed by atoms with van der Waals surface area (Å²) in [6, 6.07) is 0.468. The summed E-state index contributed by atoms with van der Waals surface area (Å²) in [7, 11) is 3.56. The lowest BCUT2D eigenvalue weighted by Crippen LogP contribution is -2.49. The lowest BCUT2D eigenvalue weighted by molar-refractivity contribution is 0.155. The van der Waals surface area contributed by atoms with Gasteiger partial charge in [0.25, 0.3) is 0 Å². The fraction of sp³-hybridized carbons (Fsp3) is 0.833. The van der Waals surface area contributed by atoms with E-state index < -0.39 is 0 Å². The lowest BCUT2D eigenvalue weighted by Gasteiger charge is -2.33. The predicted molar refractivity (Wildman–Crippen MR) is 103 cm³/mol. The molecule has 2 heterocycles. The van der Waals surface area contributed by atoms with Crippen molar-refractivity contribution in [2.45, 2.75) is 51.5 Å². The maximum Gasteiger partial charge on any atom is 0.228 e. The first kappa shape index (κ1) is 20.6. The zero-order valence-electron chi connectivity index (χ0n) is 16.6. The van der Waals surface area contributed by atoms with Crippen LogP contribution in [0.25, 0.3) is 0 Å². The van der Waals surface area contributed by atoms with Gasteiger partial charge in [-0.15, -0.1) is 0 Å². The van der Waals surface area contributed by atoms with Gasteiger partial charge in [-0.05, 0) is 19.3 Å². The maximum absolute atomic E-state index is 5.27.